The van der Waals surface area contributed by atoms with Crippen LogP contribution in [0.1, 0.15) is 42.4 Å². The smallest absolute Gasteiger partial charge is 0.160 e. The first-order chi connectivity index (χ1) is 40.0. The maximum Gasteiger partial charge on any atom is 0.160 e. The molecular weight excluding hydrogens is 979 g/mol. The SMILES string of the molecule is C=C/C=C\C(=C/C)c1cccc(-c2cccc(-c3cccc(-c4cc(-c5ccc(-c6cccc(-c7cccc(-c8cccc(-c9ccccc9)c8)c7)c6)cc5)nc(C5=CCC(n6c7c(c8ccccc86)CCC=C7)=CC=C5)n4)c3)c2)c1. The molecule has 0 saturated carbocycles. The molecule has 0 amide bonds. The number of para-hydroxylation sites is 1. The molecule has 0 aliphatic heterocycles. The molecule has 9 aromatic carbocycles. The lowest BCUT2D eigenvalue weighted by molar-refractivity contribution is 0.966. The Bertz CT molecular complexity index is 4380. The number of allylic oxidation sites excluding steroid dienone is 12. The van der Waals surface area contributed by atoms with Gasteiger partial charge in [-0.15, -0.1) is 0 Å². The van der Waals surface area contributed by atoms with Gasteiger partial charge in [-0.05, 0) is 164 Å². The largest absolute Gasteiger partial charge is 0.313 e. The van der Waals surface area contributed by atoms with Gasteiger partial charge in [0.05, 0.1) is 16.9 Å². The van der Waals surface area contributed by atoms with Gasteiger partial charge >= 0.3 is 0 Å². The zero-order valence-corrected chi connectivity index (χ0v) is 45.4. The second kappa shape index (κ2) is 22.6. The number of fused-ring (bicyclic) bond motifs is 3. The summed E-state index contributed by atoms with van der Waals surface area (Å²) in [6.07, 6.45) is 24.4. The molecule has 0 radical (unpaired) electrons. The molecule has 2 aromatic heterocycles. The van der Waals surface area contributed by atoms with Crippen LogP contribution >= 0.6 is 0 Å². The maximum atomic E-state index is 5.42. The number of nitrogens with zero attached hydrogens (tertiary/aromatic N) is 3. The molecule has 0 atom stereocenters. The summed E-state index contributed by atoms with van der Waals surface area (Å²) in [5.74, 6) is 0.689. The molecule has 3 heteroatoms. The first kappa shape index (κ1) is 50.3. The number of aromatic nitrogens is 3. The van der Waals surface area contributed by atoms with Gasteiger partial charge in [0.15, 0.2) is 5.82 Å². The van der Waals surface area contributed by atoms with Crippen molar-refractivity contribution in [1.82, 2.24) is 14.5 Å². The molecule has 11 aromatic rings. The van der Waals surface area contributed by atoms with Crippen molar-refractivity contribution in [2.45, 2.75) is 26.2 Å². The summed E-state index contributed by atoms with van der Waals surface area (Å²) in [5.41, 5.74) is 26.3. The van der Waals surface area contributed by atoms with E-state index in [1.807, 2.05) is 12.2 Å². The average molecular weight is 1040 g/mol. The molecule has 386 valence electrons. The molecule has 0 N–H and O–H groups in total. The summed E-state index contributed by atoms with van der Waals surface area (Å²) in [7, 11) is 0. The molecule has 2 heterocycles. The van der Waals surface area contributed by atoms with Crippen LogP contribution in [0.5, 0.6) is 0 Å². The summed E-state index contributed by atoms with van der Waals surface area (Å²) in [4.78, 5) is 10.8. The number of benzene rings is 9. The fourth-order valence-electron chi connectivity index (χ4n) is 11.6. The molecule has 3 nitrogen and oxygen atoms in total. The number of aryl methyl sites for hydroxylation is 1. The molecule has 81 heavy (non-hydrogen) atoms. The molecule has 2 aliphatic carbocycles. The Kier molecular flexibility index (Phi) is 14.1. The fraction of sp³-hybridized carbons (Fsp3) is 0.0513. The van der Waals surface area contributed by atoms with Gasteiger partial charge in [-0.1, -0.05) is 237 Å². The molecule has 0 unspecified atom stereocenters. The van der Waals surface area contributed by atoms with Crippen molar-refractivity contribution in [3.63, 3.8) is 0 Å². The lowest BCUT2D eigenvalue weighted by Gasteiger charge is -2.14. The lowest BCUT2D eigenvalue weighted by atomic mass is 9.94. The predicted octanol–water partition coefficient (Wildman–Crippen LogP) is 20.8. The van der Waals surface area contributed by atoms with E-state index in [4.69, 9.17) is 9.97 Å². The van der Waals surface area contributed by atoms with E-state index in [2.05, 4.69) is 297 Å². The van der Waals surface area contributed by atoms with Crippen molar-refractivity contribution in [2.24, 2.45) is 0 Å². The first-order valence-corrected chi connectivity index (χ1v) is 28.0. The highest BCUT2D eigenvalue weighted by molar-refractivity contribution is 5.93. The highest BCUT2D eigenvalue weighted by Crippen LogP contribution is 2.38. The second-order valence-electron chi connectivity index (χ2n) is 20.8. The minimum atomic E-state index is 0.689. The van der Waals surface area contributed by atoms with Gasteiger partial charge in [-0.3, -0.25) is 0 Å². The molecule has 0 spiro atoms. The van der Waals surface area contributed by atoms with Crippen LogP contribution in [0.3, 0.4) is 0 Å². The monoisotopic (exact) mass is 1040 g/mol. The van der Waals surface area contributed by atoms with E-state index >= 15 is 0 Å². The molecule has 13 rings (SSSR count). The van der Waals surface area contributed by atoms with Crippen LogP contribution in [0.15, 0.2) is 292 Å². The third-order valence-electron chi connectivity index (χ3n) is 15.7. The minimum Gasteiger partial charge on any atom is -0.313 e. The zero-order valence-electron chi connectivity index (χ0n) is 45.4. The minimum absolute atomic E-state index is 0.689. The summed E-state index contributed by atoms with van der Waals surface area (Å²) in [6.45, 7) is 5.95. The van der Waals surface area contributed by atoms with E-state index in [1.54, 1.807) is 0 Å². The summed E-state index contributed by atoms with van der Waals surface area (Å²) in [6, 6.07) is 83.3. The number of hydrogen-bond acceptors (Lipinski definition) is 2. The standard InChI is InChI=1S/C78H59N3/c1-3-5-20-54(4-2)59-24-13-27-62(47-59)65-30-17-33-68(51-65)69-34-18-35-70(52-69)75-53-74(79-78(80-75)58-23-19-36-71(46-45-58)81-76-39-11-9-37-72(76)73-38-10-12-40-77(73)81)57-43-41-56(42-44-57)61-26-15-29-64(49-61)67-32-16-31-66(50-67)63-28-14-25-60(48-63)55-21-7-6-8-22-55/h3-9,11-37,39-45,47-53H,1,10,38,46H2,2H3/b20-5-,54-4+. The molecule has 0 bridgehead atoms. The normalized spacial score (nSPS) is 13.2. The second-order valence-corrected chi connectivity index (χ2v) is 20.8. The Morgan fingerprint density at radius 3 is 1.58 bits per heavy atom. The topological polar surface area (TPSA) is 30.7 Å². The van der Waals surface area contributed by atoms with Crippen molar-refractivity contribution in [2.75, 3.05) is 0 Å². The van der Waals surface area contributed by atoms with E-state index in [0.29, 0.717) is 5.82 Å². The summed E-state index contributed by atoms with van der Waals surface area (Å²) in [5, 5.41) is 1.33. The Morgan fingerprint density at radius 1 is 0.481 bits per heavy atom. The van der Waals surface area contributed by atoms with Crippen LogP contribution in [-0.4, -0.2) is 14.5 Å². The maximum absolute atomic E-state index is 5.42. The van der Waals surface area contributed by atoms with Crippen LogP contribution in [0, 0.1) is 0 Å². The van der Waals surface area contributed by atoms with E-state index in [0.717, 1.165) is 86.3 Å². The zero-order chi connectivity index (χ0) is 54.5. The molecule has 0 saturated heterocycles. The quantitative estimate of drug-likeness (QED) is 0.108. The molecule has 0 fully saturated rings. The van der Waals surface area contributed by atoms with Crippen molar-refractivity contribution in [3.05, 3.63) is 314 Å². The van der Waals surface area contributed by atoms with Gasteiger partial charge in [-0.25, -0.2) is 9.97 Å². The summed E-state index contributed by atoms with van der Waals surface area (Å²) >= 11 is 0. The Morgan fingerprint density at radius 2 is 0.975 bits per heavy atom. The number of hydrogen-bond donors (Lipinski definition) is 0. The van der Waals surface area contributed by atoms with Crippen LogP contribution in [0.4, 0.5) is 0 Å². The van der Waals surface area contributed by atoms with Gasteiger partial charge in [0.1, 0.15) is 0 Å². The van der Waals surface area contributed by atoms with Gasteiger partial charge in [0.25, 0.3) is 0 Å². The average Bonchev–Trinajstić information content (AvgIpc) is 3.68. The van der Waals surface area contributed by atoms with Gasteiger partial charge in [-0.2, -0.15) is 0 Å². The van der Waals surface area contributed by atoms with E-state index in [1.165, 1.54) is 66.8 Å². The Balaban J connectivity index is 0.839. The van der Waals surface area contributed by atoms with Crippen LogP contribution in [-0.2, 0) is 6.42 Å². The highest BCUT2D eigenvalue weighted by Gasteiger charge is 2.21. The molecular formula is C78H59N3. The van der Waals surface area contributed by atoms with Crippen LogP contribution in [0.2, 0.25) is 0 Å². The molecule has 2 aliphatic rings. The Labute approximate surface area is 475 Å². The fourth-order valence-corrected chi connectivity index (χ4v) is 11.6. The van der Waals surface area contributed by atoms with Gasteiger partial charge < -0.3 is 4.57 Å². The van der Waals surface area contributed by atoms with Crippen molar-refractivity contribution in [3.8, 4) is 89.3 Å². The highest BCUT2D eigenvalue weighted by atomic mass is 15.0. The van der Waals surface area contributed by atoms with Gasteiger partial charge in [0.2, 0.25) is 0 Å². The van der Waals surface area contributed by atoms with E-state index < -0.39 is 0 Å². The van der Waals surface area contributed by atoms with Crippen molar-refractivity contribution >= 4 is 33.8 Å². The third-order valence-corrected chi connectivity index (χ3v) is 15.7. The lowest BCUT2D eigenvalue weighted by Crippen LogP contribution is -2.02. The van der Waals surface area contributed by atoms with Crippen LogP contribution < -0.4 is 0 Å². The van der Waals surface area contributed by atoms with E-state index in [9.17, 15) is 0 Å². The van der Waals surface area contributed by atoms with Crippen molar-refractivity contribution in [1.29, 1.82) is 0 Å². The van der Waals surface area contributed by atoms with E-state index in [-0.39, 0.29) is 0 Å². The van der Waals surface area contributed by atoms with Gasteiger partial charge in [0, 0.05) is 39.9 Å². The van der Waals surface area contributed by atoms with Crippen LogP contribution in [0.25, 0.3) is 123 Å². The number of rotatable bonds is 13. The van der Waals surface area contributed by atoms with Crippen molar-refractivity contribution < 1.29 is 0 Å². The summed E-state index contributed by atoms with van der Waals surface area (Å²) < 4.78 is 2.45. The first-order valence-electron chi connectivity index (χ1n) is 28.0. The Hall–Kier alpha value is -10.2. The predicted molar refractivity (Wildman–Crippen MR) is 344 cm³/mol. The third kappa shape index (κ3) is 10.5.